The Balaban J connectivity index is 0.00000120. The summed E-state index contributed by atoms with van der Waals surface area (Å²) in [6.07, 6.45) is 2.09. The largest absolute Gasteiger partial charge is 1.00 e. The van der Waals surface area contributed by atoms with E-state index in [1.165, 1.54) is 22.0 Å². The Morgan fingerprint density at radius 1 is 1.17 bits per heavy atom. The van der Waals surface area contributed by atoms with Gasteiger partial charge in [-0.3, -0.25) is 0 Å². The average Bonchev–Trinajstić information content (AvgIpc) is 2.72. The summed E-state index contributed by atoms with van der Waals surface area (Å²) in [5.74, 6) is 0.881. The van der Waals surface area contributed by atoms with Crippen LogP contribution in [-0.4, -0.2) is 12.1 Å². The number of methoxy groups -OCH3 is 1. The highest BCUT2D eigenvalue weighted by Crippen LogP contribution is 2.28. The Bertz CT molecular complexity index is 718. The molecule has 2 aromatic heterocycles. The lowest BCUT2D eigenvalue weighted by Gasteiger charge is -1.98. The molecule has 0 saturated heterocycles. The second kappa shape index (κ2) is 4.76. The van der Waals surface area contributed by atoms with Gasteiger partial charge in [0.2, 0.25) is 5.69 Å². The lowest BCUT2D eigenvalue weighted by Crippen LogP contribution is -3.00. The van der Waals surface area contributed by atoms with Gasteiger partial charge in [0.15, 0.2) is 6.20 Å². The first kappa shape index (κ1) is 13.1. The number of fused-ring (bicyclic) bond motifs is 3. The number of hydrogen-bond acceptors (Lipinski definition) is 1. The van der Waals surface area contributed by atoms with Crippen molar-refractivity contribution in [2.75, 3.05) is 7.11 Å². The molecule has 0 radical (unpaired) electrons. The van der Waals surface area contributed by atoms with Crippen molar-refractivity contribution in [2.45, 2.75) is 6.92 Å². The van der Waals surface area contributed by atoms with Crippen molar-refractivity contribution < 1.29 is 33.3 Å². The summed E-state index contributed by atoms with van der Waals surface area (Å²) in [7, 11) is 3.75. The fraction of sp³-hybridized carbons (Fsp3) is 0.214. The van der Waals surface area contributed by atoms with Crippen LogP contribution in [0.15, 0.2) is 30.5 Å². The molecule has 1 N–H and O–H groups in total. The number of aryl methyl sites for hydroxylation is 2. The van der Waals surface area contributed by atoms with Gasteiger partial charge in [0.1, 0.15) is 18.3 Å². The molecule has 3 rings (SSSR count). The Hall–Kier alpha value is -1.30. The van der Waals surface area contributed by atoms with Crippen molar-refractivity contribution in [3.8, 4) is 5.75 Å². The van der Waals surface area contributed by atoms with Crippen LogP contribution in [0.3, 0.4) is 0 Å². The molecule has 0 aliphatic rings. The van der Waals surface area contributed by atoms with Crippen molar-refractivity contribution in [2.24, 2.45) is 7.05 Å². The minimum Gasteiger partial charge on any atom is -1.00 e. The maximum absolute atomic E-state index is 5.25. The molecule has 1 aromatic carbocycles. The van der Waals surface area contributed by atoms with Gasteiger partial charge >= 0.3 is 0 Å². The third-order valence-electron chi connectivity index (χ3n) is 3.40. The standard InChI is InChI=1S/C14H14N2O.HI/c1-9-14-12(6-7-16(9)2)11-5-4-10(17-3)8-13(11)15-14;/h4-8H,1-3H3;1H. The molecule has 0 spiro atoms. The van der Waals surface area contributed by atoms with E-state index in [1.54, 1.807) is 7.11 Å². The molecule has 0 bridgehead atoms. The number of pyridine rings is 1. The van der Waals surface area contributed by atoms with Crippen molar-refractivity contribution >= 4 is 21.8 Å². The number of nitrogens with zero attached hydrogens (tertiary/aromatic N) is 1. The number of halogens is 1. The van der Waals surface area contributed by atoms with Gasteiger partial charge in [-0.2, -0.15) is 0 Å². The van der Waals surface area contributed by atoms with Gasteiger partial charge in [-0.25, -0.2) is 4.57 Å². The monoisotopic (exact) mass is 354 g/mol. The molecular formula is C14H15IN2O. The summed E-state index contributed by atoms with van der Waals surface area (Å²) < 4.78 is 7.37. The molecule has 0 aliphatic carbocycles. The van der Waals surface area contributed by atoms with E-state index >= 15 is 0 Å². The molecule has 0 amide bonds. The minimum absolute atomic E-state index is 0. The van der Waals surface area contributed by atoms with Crippen LogP contribution in [0.2, 0.25) is 0 Å². The molecule has 0 aliphatic heterocycles. The molecule has 94 valence electrons. The van der Waals surface area contributed by atoms with Crippen molar-refractivity contribution in [3.63, 3.8) is 0 Å². The smallest absolute Gasteiger partial charge is 0.202 e. The summed E-state index contributed by atoms with van der Waals surface area (Å²) >= 11 is 0. The maximum atomic E-state index is 5.25. The number of H-pyrrole nitrogens is 1. The molecule has 4 heteroatoms. The summed E-state index contributed by atoms with van der Waals surface area (Å²) in [4.78, 5) is 3.46. The zero-order chi connectivity index (χ0) is 12.0. The molecule has 0 saturated carbocycles. The van der Waals surface area contributed by atoms with Crippen LogP contribution in [0.25, 0.3) is 21.8 Å². The number of aromatic amines is 1. The summed E-state index contributed by atoms with van der Waals surface area (Å²) in [6, 6.07) is 8.28. The molecule has 0 atom stereocenters. The average molecular weight is 354 g/mol. The van der Waals surface area contributed by atoms with Gasteiger partial charge in [-0.05, 0) is 12.1 Å². The van der Waals surface area contributed by atoms with E-state index in [4.69, 9.17) is 4.74 Å². The fourth-order valence-electron chi connectivity index (χ4n) is 2.26. The highest BCUT2D eigenvalue weighted by molar-refractivity contribution is 6.07. The number of aromatic nitrogens is 2. The Morgan fingerprint density at radius 2 is 1.94 bits per heavy atom. The normalized spacial score (nSPS) is 10.6. The fourth-order valence-corrected chi connectivity index (χ4v) is 2.26. The van der Waals surface area contributed by atoms with Gasteiger partial charge in [-0.1, -0.05) is 0 Å². The Kier molecular flexibility index (Phi) is 3.47. The quantitative estimate of drug-likeness (QED) is 0.462. The van der Waals surface area contributed by atoms with Crippen LogP contribution in [-0.2, 0) is 7.05 Å². The van der Waals surface area contributed by atoms with E-state index < -0.39 is 0 Å². The lowest BCUT2D eigenvalue weighted by molar-refractivity contribution is -0.676. The van der Waals surface area contributed by atoms with Gasteiger partial charge in [0.25, 0.3) is 0 Å². The first-order valence-electron chi connectivity index (χ1n) is 5.65. The van der Waals surface area contributed by atoms with E-state index in [9.17, 15) is 0 Å². The Labute approximate surface area is 123 Å². The number of benzene rings is 1. The number of hydrogen-bond donors (Lipinski definition) is 1. The third kappa shape index (κ3) is 1.84. The van der Waals surface area contributed by atoms with E-state index in [-0.39, 0.29) is 24.0 Å². The van der Waals surface area contributed by atoms with Crippen LogP contribution in [0, 0.1) is 6.92 Å². The molecule has 2 heterocycles. The van der Waals surface area contributed by atoms with E-state index in [2.05, 4.69) is 41.9 Å². The zero-order valence-electron chi connectivity index (χ0n) is 10.6. The zero-order valence-corrected chi connectivity index (χ0v) is 12.8. The molecule has 0 unspecified atom stereocenters. The van der Waals surface area contributed by atoms with Crippen molar-refractivity contribution in [1.82, 2.24) is 4.98 Å². The SMILES string of the molecule is COc1ccc2c(c1)[nH]c1c(C)[n+](C)ccc12.[I-]. The van der Waals surface area contributed by atoms with Gasteiger partial charge in [-0.15, -0.1) is 0 Å². The van der Waals surface area contributed by atoms with Gasteiger partial charge in [0.05, 0.1) is 12.6 Å². The van der Waals surface area contributed by atoms with Crippen molar-refractivity contribution in [3.05, 3.63) is 36.2 Å². The number of nitrogens with one attached hydrogen (secondary N) is 1. The Morgan fingerprint density at radius 3 is 2.67 bits per heavy atom. The molecular weight excluding hydrogens is 339 g/mol. The third-order valence-corrected chi connectivity index (χ3v) is 3.40. The number of rotatable bonds is 1. The highest BCUT2D eigenvalue weighted by Gasteiger charge is 2.12. The molecule has 3 aromatic rings. The first-order valence-corrected chi connectivity index (χ1v) is 5.65. The van der Waals surface area contributed by atoms with Crippen molar-refractivity contribution in [1.29, 1.82) is 0 Å². The number of ether oxygens (including phenoxy) is 1. The van der Waals surface area contributed by atoms with Crippen LogP contribution in [0.4, 0.5) is 0 Å². The highest BCUT2D eigenvalue weighted by atomic mass is 127. The summed E-state index contributed by atoms with van der Waals surface area (Å²) in [6.45, 7) is 2.12. The predicted octanol–water partition coefficient (Wildman–Crippen LogP) is -0.533. The van der Waals surface area contributed by atoms with Crippen LogP contribution >= 0.6 is 0 Å². The summed E-state index contributed by atoms with van der Waals surface area (Å²) in [5, 5.41) is 2.50. The van der Waals surface area contributed by atoms with Gasteiger partial charge < -0.3 is 33.7 Å². The second-order valence-electron chi connectivity index (χ2n) is 4.34. The first-order chi connectivity index (χ1) is 8.20. The molecule has 0 fully saturated rings. The van der Waals surface area contributed by atoms with Gasteiger partial charge in [0, 0.05) is 29.8 Å². The second-order valence-corrected chi connectivity index (χ2v) is 4.34. The topological polar surface area (TPSA) is 28.9 Å². The van der Waals surface area contributed by atoms with E-state index in [0.29, 0.717) is 0 Å². The molecule has 18 heavy (non-hydrogen) atoms. The summed E-state index contributed by atoms with van der Waals surface area (Å²) in [5.41, 5.74) is 3.55. The lowest BCUT2D eigenvalue weighted by atomic mass is 10.1. The molecule has 3 nitrogen and oxygen atoms in total. The van der Waals surface area contributed by atoms with Crippen LogP contribution in [0.1, 0.15) is 5.69 Å². The van der Waals surface area contributed by atoms with E-state index in [1.807, 2.05) is 12.1 Å². The van der Waals surface area contributed by atoms with Crippen LogP contribution < -0.4 is 33.3 Å². The van der Waals surface area contributed by atoms with E-state index in [0.717, 1.165) is 11.3 Å². The predicted molar refractivity (Wildman–Crippen MR) is 68.3 cm³/mol. The maximum Gasteiger partial charge on any atom is 0.202 e. The minimum atomic E-state index is 0. The van der Waals surface area contributed by atoms with Crippen LogP contribution in [0.5, 0.6) is 5.75 Å².